The zero-order valence-corrected chi connectivity index (χ0v) is 11.6. The van der Waals surface area contributed by atoms with Crippen LogP contribution in [0.2, 0.25) is 0 Å². The van der Waals surface area contributed by atoms with E-state index in [1.807, 2.05) is 17.9 Å². The van der Waals surface area contributed by atoms with Crippen molar-refractivity contribution in [2.24, 2.45) is 7.05 Å². The molecule has 1 fully saturated rings. The van der Waals surface area contributed by atoms with Crippen molar-refractivity contribution in [3.8, 4) is 11.1 Å². The molecule has 1 saturated heterocycles. The fourth-order valence-corrected chi connectivity index (χ4v) is 2.52. The molecule has 0 aliphatic carbocycles. The quantitative estimate of drug-likeness (QED) is 0.819. The Bertz CT molecular complexity index is 553. The molecule has 2 aromatic rings. The summed E-state index contributed by atoms with van der Waals surface area (Å²) in [5, 5.41) is 4.24. The van der Waals surface area contributed by atoms with E-state index >= 15 is 0 Å². The zero-order valence-electron chi connectivity index (χ0n) is 11.6. The van der Waals surface area contributed by atoms with Gasteiger partial charge < -0.3 is 9.80 Å². The van der Waals surface area contributed by atoms with Crippen molar-refractivity contribution in [3.05, 3.63) is 36.7 Å². The van der Waals surface area contributed by atoms with Crippen LogP contribution in [0, 0.1) is 0 Å². The molecule has 100 valence electrons. The van der Waals surface area contributed by atoms with E-state index in [4.69, 9.17) is 0 Å². The maximum Gasteiger partial charge on any atom is 0.0568 e. The fourth-order valence-electron chi connectivity index (χ4n) is 2.52. The Labute approximate surface area is 114 Å². The lowest BCUT2D eigenvalue weighted by Gasteiger charge is -2.34. The summed E-state index contributed by atoms with van der Waals surface area (Å²) in [6, 6.07) is 8.75. The van der Waals surface area contributed by atoms with Gasteiger partial charge in [0.25, 0.3) is 0 Å². The van der Waals surface area contributed by atoms with E-state index in [1.165, 1.54) is 16.8 Å². The van der Waals surface area contributed by atoms with Gasteiger partial charge in [0.2, 0.25) is 0 Å². The molecular formula is C15H20N4. The zero-order chi connectivity index (χ0) is 13.2. The Morgan fingerprint density at radius 3 is 2.47 bits per heavy atom. The average molecular weight is 256 g/mol. The molecule has 0 amide bonds. The normalized spacial score (nSPS) is 16.8. The first-order valence-electron chi connectivity index (χ1n) is 6.75. The van der Waals surface area contributed by atoms with Crippen molar-refractivity contribution in [1.82, 2.24) is 14.7 Å². The molecule has 0 N–H and O–H groups in total. The van der Waals surface area contributed by atoms with Crippen LogP contribution in [0.1, 0.15) is 0 Å². The number of anilines is 1. The van der Waals surface area contributed by atoms with E-state index in [0.717, 1.165) is 26.2 Å². The van der Waals surface area contributed by atoms with Crippen molar-refractivity contribution in [2.75, 3.05) is 38.1 Å². The summed E-state index contributed by atoms with van der Waals surface area (Å²) in [6.07, 6.45) is 3.98. The molecule has 0 unspecified atom stereocenters. The average Bonchev–Trinajstić information content (AvgIpc) is 2.86. The molecule has 1 aliphatic heterocycles. The maximum absolute atomic E-state index is 4.24. The SMILES string of the molecule is CN1CCN(c2cccc(-c3cnn(C)c3)c2)CC1. The summed E-state index contributed by atoms with van der Waals surface area (Å²) in [4.78, 5) is 4.83. The van der Waals surface area contributed by atoms with Gasteiger partial charge in [-0.3, -0.25) is 4.68 Å². The minimum Gasteiger partial charge on any atom is -0.369 e. The minimum atomic E-state index is 1.10. The van der Waals surface area contributed by atoms with Gasteiger partial charge in [0.15, 0.2) is 0 Å². The standard InChI is InChI=1S/C15H20N4/c1-17-6-8-19(9-7-17)15-5-3-4-13(10-15)14-11-16-18(2)12-14/h3-5,10-12H,6-9H2,1-2H3. The Kier molecular flexibility index (Phi) is 3.25. The van der Waals surface area contributed by atoms with Crippen molar-refractivity contribution in [2.45, 2.75) is 0 Å². The molecular weight excluding hydrogens is 236 g/mol. The molecule has 0 spiro atoms. The predicted octanol–water partition coefficient (Wildman–Crippen LogP) is 1.84. The number of rotatable bonds is 2. The van der Waals surface area contributed by atoms with Crippen LogP contribution in [-0.2, 0) is 7.05 Å². The first kappa shape index (κ1) is 12.2. The molecule has 4 nitrogen and oxygen atoms in total. The molecule has 0 bridgehead atoms. The van der Waals surface area contributed by atoms with Crippen LogP contribution in [0.5, 0.6) is 0 Å². The van der Waals surface area contributed by atoms with E-state index in [2.05, 4.69) is 52.4 Å². The number of piperazine rings is 1. The van der Waals surface area contributed by atoms with Gasteiger partial charge >= 0.3 is 0 Å². The van der Waals surface area contributed by atoms with Gasteiger partial charge in [0, 0.05) is 50.7 Å². The maximum atomic E-state index is 4.24. The second-order valence-corrected chi connectivity index (χ2v) is 5.24. The van der Waals surface area contributed by atoms with Crippen molar-refractivity contribution in [1.29, 1.82) is 0 Å². The third-order valence-corrected chi connectivity index (χ3v) is 3.75. The Morgan fingerprint density at radius 2 is 1.79 bits per heavy atom. The third kappa shape index (κ3) is 2.63. The van der Waals surface area contributed by atoms with Gasteiger partial charge in [0.05, 0.1) is 6.20 Å². The smallest absolute Gasteiger partial charge is 0.0568 e. The topological polar surface area (TPSA) is 24.3 Å². The number of hydrogen-bond acceptors (Lipinski definition) is 3. The molecule has 0 radical (unpaired) electrons. The molecule has 3 rings (SSSR count). The first-order valence-corrected chi connectivity index (χ1v) is 6.75. The summed E-state index contributed by atoms with van der Waals surface area (Å²) in [7, 11) is 4.14. The van der Waals surface area contributed by atoms with Crippen LogP contribution in [0.25, 0.3) is 11.1 Å². The monoisotopic (exact) mass is 256 g/mol. The minimum absolute atomic E-state index is 1.10. The molecule has 2 heterocycles. The van der Waals surface area contributed by atoms with Gasteiger partial charge in [-0.15, -0.1) is 0 Å². The number of nitrogens with zero attached hydrogens (tertiary/aromatic N) is 4. The van der Waals surface area contributed by atoms with Crippen LogP contribution in [-0.4, -0.2) is 47.9 Å². The van der Waals surface area contributed by atoms with Crippen LogP contribution >= 0.6 is 0 Å². The van der Waals surface area contributed by atoms with Crippen molar-refractivity contribution in [3.63, 3.8) is 0 Å². The van der Waals surface area contributed by atoms with Crippen molar-refractivity contribution < 1.29 is 0 Å². The Hall–Kier alpha value is -1.81. The predicted molar refractivity (Wildman–Crippen MR) is 78.4 cm³/mol. The summed E-state index contributed by atoms with van der Waals surface area (Å²) in [5.74, 6) is 0. The van der Waals surface area contributed by atoms with E-state index in [1.54, 1.807) is 0 Å². The second kappa shape index (κ2) is 5.05. The van der Waals surface area contributed by atoms with Crippen LogP contribution in [0.15, 0.2) is 36.7 Å². The van der Waals surface area contributed by atoms with E-state index in [9.17, 15) is 0 Å². The number of aryl methyl sites for hydroxylation is 1. The summed E-state index contributed by atoms with van der Waals surface area (Å²) in [5.41, 5.74) is 3.73. The molecule has 1 aliphatic rings. The van der Waals surface area contributed by atoms with Gasteiger partial charge in [-0.25, -0.2) is 0 Å². The first-order chi connectivity index (χ1) is 9.22. The van der Waals surface area contributed by atoms with Gasteiger partial charge in [-0.05, 0) is 24.7 Å². The lowest BCUT2D eigenvalue weighted by atomic mass is 10.1. The molecule has 0 atom stereocenters. The molecule has 1 aromatic heterocycles. The lowest BCUT2D eigenvalue weighted by Crippen LogP contribution is -2.44. The summed E-state index contributed by atoms with van der Waals surface area (Å²) in [6.45, 7) is 4.48. The van der Waals surface area contributed by atoms with Crippen LogP contribution in [0.3, 0.4) is 0 Å². The Morgan fingerprint density at radius 1 is 1.00 bits per heavy atom. The largest absolute Gasteiger partial charge is 0.369 e. The molecule has 0 saturated carbocycles. The summed E-state index contributed by atoms with van der Waals surface area (Å²) < 4.78 is 1.85. The highest BCUT2D eigenvalue weighted by Gasteiger charge is 2.14. The van der Waals surface area contributed by atoms with E-state index < -0.39 is 0 Å². The van der Waals surface area contributed by atoms with E-state index in [-0.39, 0.29) is 0 Å². The highest BCUT2D eigenvalue weighted by atomic mass is 15.2. The fraction of sp³-hybridized carbons (Fsp3) is 0.400. The van der Waals surface area contributed by atoms with Crippen LogP contribution < -0.4 is 4.90 Å². The molecule has 1 aromatic carbocycles. The van der Waals surface area contributed by atoms with Gasteiger partial charge in [0.1, 0.15) is 0 Å². The number of benzene rings is 1. The summed E-state index contributed by atoms with van der Waals surface area (Å²) >= 11 is 0. The highest BCUT2D eigenvalue weighted by Crippen LogP contribution is 2.24. The number of aromatic nitrogens is 2. The molecule has 4 heteroatoms. The van der Waals surface area contributed by atoms with Crippen molar-refractivity contribution >= 4 is 5.69 Å². The highest BCUT2D eigenvalue weighted by molar-refractivity contribution is 5.67. The number of likely N-dealkylation sites (N-methyl/N-ethyl adjacent to an activating group) is 1. The van der Waals surface area contributed by atoms with Gasteiger partial charge in [-0.2, -0.15) is 5.10 Å². The van der Waals surface area contributed by atoms with Gasteiger partial charge in [-0.1, -0.05) is 12.1 Å². The Balaban J connectivity index is 1.84. The number of hydrogen-bond donors (Lipinski definition) is 0. The lowest BCUT2D eigenvalue weighted by molar-refractivity contribution is 0.313. The third-order valence-electron chi connectivity index (χ3n) is 3.75. The van der Waals surface area contributed by atoms with E-state index in [0.29, 0.717) is 0 Å². The second-order valence-electron chi connectivity index (χ2n) is 5.24. The molecule has 19 heavy (non-hydrogen) atoms. The van der Waals surface area contributed by atoms with Crippen LogP contribution in [0.4, 0.5) is 5.69 Å².